The molecule has 8 heteroatoms. The number of carbonyl (C=O) groups excluding carboxylic acids is 2. The van der Waals surface area contributed by atoms with Crippen molar-refractivity contribution in [2.24, 2.45) is 0 Å². The standard InChI is InChI=1S/C13H12ClN3O4/c1-21-11(19)13(2-3-13)17-10(18)6-4-7(14)9-8(5-6)15-12(20)16-9/h4-5H,2-3H2,1H3,(H,17,18)(H2,15,16,20). The molecule has 2 aromatic rings. The average Bonchev–Trinajstić information content (AvgIpc) is 3.12. The summed E-state index contributed by atoms with van der Waals surface area (Å²) >= 11 is 6.03. The lowest BCUT2D eigenvalue weighted by Gasteiger charge is -2.14. The number of carbonyl (C=O) groups is 2. The summed E-state index contributed by atoms with van der Waals surface area (Å²) in [5, 5.41) is 2.91. The van der Waals surface area contributed by atoms with Gasteiger partial charge in [-0.05, 0) is 25.0 Å². The maximum atomic E-state index is 12.2. The molecule has 0 spiro atoms. The van der Waals surface area contributed by atoms with Crippen LogP contribution in [0.5, 0.6) is 0 Å². The van der Waals surface area contributed by atoms with Crippen molar-refractivity contribution in [2.75, 3.05) is 7.11 Å². The second kappa shape index (κ2) is 4.63. The monoisotopic (exact) mass is 309 g/mol. The molecule has 1 amide bonds. The van der Waals surface area contributed by atoms with Gasteiger partial charge in [0, 0.05) is 5.56 Å². The van der Waals surface area contributed by atoms with Gasteiger partial charge in [-0.3, -0.25) is 4.79 Å². The minimum Gasteiger partial charge on any atom is -0.467 e. The van der Waals surface area contributed by atoms with Gasteiger partial charge >= 0.3 is 11.7 Å². The van der Waals surface area contributed by atoms with Gasteiger partial charge in [0.2, 0.25) is 0 Å². The molecule has 0 atom stereocenters. The highest BCUT2D eigenvalue weighted by atomic mass is 35.5. The van der Waals surface area contributed by atoms with Gasteiger partial charge in [-0.1, -0.05) is 11.6 Å². The quantitative estimate of drug-likeness (QED) is 0.734. The van der Waals surface area contributed by atoms with Crippen molar-refractivity contribution in [1.29, 1.82) is 0 Å². The number of ether oxygens (including phenoxy) is 1. The van der Waals surface area contributed by atoms with Crippen molar-refractivity contribution in [1.82, 2.24) is 15.3 Å². The summed E-state index contributed by atoms with van der Waals surface area (Å²) in [6.07, 6.45) is 1.09. The largest absolute Gasteiger partial charge is 0.467 e. The summed E-state index contributed by atoms with van der Waals surface area (Å²) in [6.45, 7) is 0. The number of aromatic nitrogens is 2. The van der Waals surface area contributed by atoms with Gasteiger partial charge in [-0.15, -0.1) is 0 Å². The van der Waals surface area contributed by atoms with Gasteiger partial charge in [0.05, 0.1) is 23.2 Å². The average molecular weight is 310 g/mol. The van der Waals surface area contributed by atoms with E-state index in [9.17, 15) is 14.4 Å². The van der Waals surface area contributed by atoms with Crippen molar-refractivity contribution in [2.45, 2.75) is 18.4 Å². The first kappa shape index (κ1) is 13.7. The third kappa shape index (κ3) is 2.29. The Balaban J connectivity index is 1.92. The molecule has 1 aliphatic carbocycles. The van der Waals surface area contributed by atoms with Gasteiger partial charge in [0.1, 0.15) is 5.54 Å². The zero-order chi connectivity index (χ0) is 15.2. The van der Waals surface area contributed by atoms with E-state index in [2.05, 4.69) is 20.0 Å². The van der Waals surface area contributed by atoms with E-state index in [1.54, 1.807) is 0 Å². The molecular weight excluding hydrogens is 298 g/mol. The van der Waals surface area contributed by atoms with Gasteiger partial charge in [-0.25, -0.2) is 9.59 Å². The van der Waals surface area contributed by atoms with Crippen molar-refractivity contribution in [3.8, 4) is 0 Å². The maximum Gasteiger partial charge on any atom is 0.331 e. The summed E-state index contributed by atoms with van der Waals surface area (Å²) in [4.78, 5) is 40.2. The van der Waals surface area contributed by atoms with Gasteiger partial charge < -0.3 is 20.0 Å². The van der Waals surface area contributed by atoms with E-state index in [0.29, 0.717) is 23.9 Å². The molecule has 21 heavy (non-hydrogen) atoms. The number of benzene rings is 1. The molecule has 1 heterocycles. The Kier molecular flexibility index (Phi) is 3.02. The number of methoxy groups -OCH3 is 1. The van der Waals surface area contributed by atoms with Crippen molar-refractivity contribution >= 4 is 34.5 Å². The Morgan fingerprint density at radius 1 is 1.33 bits per heavy atom. The van der Waals surface area contributed by atoms with E-state index < -0.39 is 23.1 Å². The van der Waals surface area contributed by atoms with Gasteiger partial charge in [0.15, 0.2) is 0 Å². The lowest BCUT2D eigenvalue weighted by molar-refractivity contribution is -0.144. The van der Waals surface area contributed by atoms with Crippen LogP contribution in [0.15, 0.2) is 16.9 Å². The third-order valence-electron chi connectivity index (χ3n) is 3.52. The lowest BCUT2D eigenvalue weighted by Crippen LogP contribution is -2.43. The van der Waals surface area contributed by atoms with E-state index in [0.717, 1.165) is 0 Å². The lowest BCUT2D eigenvalue weighted by atomic mass is 10.1. The van der Waals surface area contributed by atoms with Crippen LogP contribution in [0.25, 0.3) is 11.0 Å². The predicted molar refractivity (Wildman–Crippen MR) is 75.4 cm³/mol. The molecule has 0 bridgehead atoms. The van der Waals surface area contributed by atoms with E-state index in [1.165, 1.54) is 19.2 Å². The zero-order valence-corrected chi connectivity index (χ0v) is 11.8. The molecule has 0 saturated heterocycles. The molecule has 0 radical (unpaired) electrons. The third-order valence-corrected chi connectivity index (χ3v) is 3.82. The highest BCUT2D eigenvalue weighted by molar-refractivity contribution is 6.35. The summed E-state index contributed by atoms with van der Waals surface area (Å²) < 4.78 is 4.68. The van der Waals surface area contributed by atoms with Gasteiger partial charge in [-0.2, -0.15) is 0 Å². The molecule has 1 aliphatic rings. The van der Waals surface area contributed by atoms with Crippen LogP contribution in [0.4, 0.5) is 0 Å². The molecule has 1 fully saturated rings. The van der Waals surface area contributed by atoms with Crippen LogP contribution in [-0.4, -0.2) is 34.5 Å². The summed E-state index contributed by atoms with van der Waals surface area (Å²) in [5.41, 5.74) is -0.206. The number of rotatable bonds is 3. The highest BCUT2D eigenvalue weighted by Gasteiger charge is 2.52. The number of aromatic amines is 2. The van der Waals surface area contributed by atoms with Crippen LogP contribution in [-0.2, 0) is 9.53 Å². The minimum atomic E-state index is -0.932. The first-order valence-electron chi connectivity index (χ1n) is 6.28. The van der Waals surface area contributed by atoms with Crippen LogP contribution < -0.4 is 11.0 Å². The number of amides is 1. The van der Waals surface area contributed by atoms with Crippen LogP contribution in [0, 0.1) is 0 Å². The molecule has 110 valence electrons. The minimum absolute atomic E-state index is 0.249. The number of nitrogens with one attached hydrogen (secondary N) is 3. The molecule has 1 aromatic carbocycles. The molecule has 1 aromatic heterocycles. The predicted octanol–water partition coefficient (Wildman–Crippen LogP) is 0.945. The second-order valence-corrected chi connectivity index (χ2v) is 5.39. The Labute approximate surface area is 123 Å². The zero-order valence-electron chi connectivity index (χ0n) is 11.1. The molecular formula is C13H12ClN3O4. The summed E-state index contributed by atoms with van der Waals surface area (Å²) in [6, 6.07) is 2.94. The van der Waals surface area contributed by atoms with Crippen molar-refractivity contribution in [3.63, 3.8) is 0 Å². The Morgan fingerprint density at radius 2 is 2.05 bits per heavy atom. The molecule has 0 aliphatic heterocycles. The first-order valence-corrected chi connectivity index (χ1v) is 6.65. The number of hydrogen-bond acceptors (Lipinski definition) is 4. The molecule has 0 unspecified atom stereocenters. The van der Waals surface area contributed by atoms with Gasteiger partial charge in [0.25, 0.3) is 5.91 Å². The topological polar surface area (TPSA) is 104 Å². The van der Waals surface area contributed by atoms with Crippen LogP contribution in [0.1, 0.15) is 23.2 Å². The molecule has 7 nitrogen and oxygen atoms in total. The fraction of sp³-hybridized carbons (Fsp3) is 0.308. The number of halogens is 1. The number of fused-ring (bicyclic) bond motifs is 1. The van der Waals surface area contributed by atoms with E-state index in [-0.39, 0.29) is 10.6 Å². The molecule has 1 saturated carbocycles. The number of imidazole rings is 1. The summed E-state index contributed by atoms with van der Waals surface area (Å²) in [5.74, 6) is -0.901. The van der Waals surface area contributed by atoms with E-state index in [4.69, 9.17) is 11.6 Å². The smallest absolute Gasteiger partial charge is 0.331 e. The van der Waals surface area contributed by atoms with Crippen molar-refractivity contribution in [3.05, 3.63) is 33.2 Å². The number of esters is 1. The maximum absolute atomic E-state index is 12.2. The van der Waals surface area contributed by atoms with Crippen LogP contribution >= 0.6 is 11.6 Å². The highest BCUT2D eigenvalue weighted by Crippen LogP contribution is 2.37. The van der Waals surface area contributed by atoms with Crippen LogP contribution in [0.3, 0.4) is 0 Å². The van der Waals surface area contributed by atoms with E-state index >= 15 is 0 Å². The normalized spacial score (nSPS) is 15.7. The van der Waals surface area contributed by atoms with Crippen molar-refractivity contribution < 1.29 is 14.3 Å². The number of H-pyrrole nitrogens is 2. The van der Waals surface area contributed by atoms with E-state index in [1.807, 2.05) is 0 Å². The summed E-state index contributed by atoms with van der Waals surface area (Å²) in [7, 11) is 1.28. The Bertz CT molecular complexity index is 803. The SMILES string of the molecule is COC(=O)C1(NC(=O)c2cc(Cl)c3[nH]c(=O)[nH]c3c2)CC1. The molecule has 3 N–H and O–H groups in total. The molecule has 3 rings (SSSR count). The van der Waals surface area contributed by atoms with Crippen LogP contribution in [0.2, 0.25) is 5.02 Å². The Morgan fingerprint density at radius 3 is 2.67 bits per heavy atom. The first-order chi connectivity index (χ1) is 9.95. The number of hydrogen-bond donors (Lipinski definition) is 3. The second-order valence-electron chi connectivity index (χ2n) is 4.99. The Hall–Kier alpha value is -2.28. The fourth-order valence-electron chi connectivity index (χ4n) is 2.22. The fourth-order valence-corrected chi connectivity index (χ4v) is 2.49.